The Hall–Kier alpha value is -3.06. The van der Waals surface area contributed by atoms with Crippen LogP contribution in [-0.2, 0) is 4.79 Å². The maximum Gasteiger partial charge on any atom is 0.270 e. The minimum Gasteiger partial charge on any atom is -0.333 e. The fourth-order valence-corrected chi connectivity index (χ4v) is 3.52. The summed E-state index contributed by atoms with van der Waals surface area (Å²) in [5.41, 5.74) is 1.52. The van der Waals surface area contributed by atoms with Crippen molar-refractivity contribution in [3.8, 4) is 0 Å². The Labute approximate surface area is 154 Å². The zero-order valence-electron chi connectivity index (χ0n) is 14.3. The molecule has 2 aromatic carbocycles. The number of nitro groups is 1. The molecule has 1 heterocycles. The van der Waals surface area contributed by atoms with Gasteiger partial charge in [0.1, 0.15) is 5.01 Å². The third-order valence-corrected chi connectivity index (χ3v) is 5.30. The number of para-hydroxylation sites is 1. The number of hydrogen-bond donors (Lipinski definition) is 0. The maximum atomic E-state index is 12.4. The fraction of sp³-hybridized carbons (Fsp3) is 0.158. The van der Waals surface area contributed by atoms with E-state index in [4.69, 9.17) is 0 Å². The van der Waals surface area contributed by atoms with Gasteiger partial charge in [-0.3, -0.25) is 14.9 Å². The van der Waals surface area contributed by atoms with E-state index in [1.807, 2.05) is 31.2 Å². The lowest BCUT2D eigenvalue weighted by atomic mass is 10.2. The number of fused-ring (bicyclic) bond motifs is 1. The van der Waals surface area contributed by atoms with Crippen LogP contribution in [0.1, 0.15) is 23.5 Å². The molecule has 0 aliphatic rings. The summed E-state index contributed by atoms with van der Waals surface area (Å²) in [7, 11) is 1.72. The number of rotatable bonds is 5. The molecule has 6 nitrogen and oxygen atoms in total. The molecule has 1 amide bonds. The van der Waals surface area contributed by atoms with Crippen molar-refractivity contribution in [1.29, 1.82) is 0 Å². The van der Waals surface area contributed by atoms with E-state index in [1.54, 1.807) is 41.5 Å². The molecule has 0 aliphatic carbocycles. The number of carbonyl (C=O) groups is 1. The molecule has 3 aromatic rings. The number of aromatic nitrogens is 1. The Morgan fingerprint density at radius 2 is 2.04 bits per heavy atom. The number of hydrogen-bond acceptors (Lipinski definition) is 5. The van der Waals surface area contributed by atoms with Gasteiger partial charge in [-0.2, -0.15) is 0 Å². The summed E-state index contributed by atoms with van der Waals surface area (Å²) in [5.74, 6) is -0.191. The monoisotopic (exact) mass is 367 g/mol. The highest BCUT2D eigenvalue weighted by atomic mass is 32.1. The minimum absolute atomic E-state index is 0.00389. The Balaban J connectivity index is 1.74. The normalized spacial score (nSPS) is 12.4. The first kappa shape index (κ1) is 17.8. The summed E-state index contributed by atoms with van der Waals surface area (Å²) in [6, 6.07) is 13.8. The number of benzene rings is 2. The van der Waals surface area contributed by atoms with Crippen LogP contribution >= 0.6 is 11.3 Å². The standard InChI is InChI=1S/C19H17N3O3S/c1-13(19-20-16-8-3-4-9-17(16)26-19)21(2)18(23)11-10-14-6-5-7-15(12-14)22(24)25/h3-13H,1-2H3. The van der Waals surface area contributed by atoms with E-state index in [2.05, 4.69) is 4.98 Å². The first-order valence-corrected chi connectivity index (χ1v) is 8.82. The van der Waals surface area contributed by atoms with E-state index in [1.165, 1.54) is 18.2 Å². The number of non-ortho nitro benzene ring substituents is 1. The Morgan fingerprint density at radius 1 is 1.27 bits per heavy atom. The highest BCUT2D eigenvalue weighted by molar-refractivity contribution is 7.18. The van der Waals surface area contributed by atoms with Gasteiger partial charge in [0.15, 0.2) is 0 Å². The van der Waals surface area contributed by atoms with Crippen LogP contribution in [0.25, 0.3) is 16.3 Å². The number of nitro benzene ring substituents is 1. The van der Waals surface area contributed by atoms with Crippen LogP contribution in [0, 0.1) is 10.1 Å². The van der Waals surface area contributed by atoms with Crippen LogP contribution < -0.4 is 0 Å². The number of likely N-dealkylation sites (N-methyl/N-ethyl adjacent to an activating group) is 1. The van der Waals surface area contributed by atoms with Gasteiger partial charge in [-0.1, -0.05) is 24.3 Å². The molecular weight excluding hydrogens is 350 g/mol. The van der Waals surface area contributed by atoms with Crippen molar-refractivity contribution in [2.45, 2.75) is 13.0 Å². The van der Waals surface area contributed by atoms with E-state index in [0.717, 1.165) is 15.2 Å². The zero-order valence-corrected chi connectivity index (χ0v) is 15.1. The van der Waals surface area contributed by atoms with Gasteiger partial charge < -0.3 is 4.90 Å². The molecule has 0 bridgehead atoms. The lowest BCUT2D eigenvalue weighted by Gasteiger charge is -2.21. The van der Waals surface area contributed by atoms with Gasteiger partial charge in [-0.25, -0.2) is 4.98 Å². The molecule has 0 N–H and O–H groups in total. The SMILES string of the molecule is CC(c1nc2ccccc2s1)N(C)C(=O)C=Cc1cccc([N+](=O)[O-])c1. The predicted octanol–water partition coefficient (Wildman–Crippen LogP) is 4.44. The Bertz CT molecular complexity index is 963. The first-order chi connectivity index (χ1) is 12.5. The Morgan fingerprint density at radius 3 is 2.77 bits per heavy atom. The molecule has 0 aliphatic heterocycles. The van der Waals surface area contributed by atoms with E-state index < -0.39 is 4.92 Å². The van der Waals surface area contributed by atoms with Crippen molar-refractivity contribution in [3.05, 3.63) is 75.3 Å². The summed E-state index contributed by atoms with van der Waals surface area (Å²) >= 11 is 1.57. The quantitative estimate of drug-likeness (QED) is 0.379. The maximum absolute atomic E-state index is 12.4. The van der Waals surface area contributed by atoms with Crippen molar-refractivity contribution in [2.75, 3.05) is 7.05 Å². The van der Waals surface area contributed by atoms with E-state index in [9.17, 15) is 14.9 Å². The highest BCUT2D eigenvalue weighted by Crippen LogP contribution is 2.29. The third-order valence-electron chi connectivity index (χ3n) is 4.10. The van der Waals surface area contributed by atoms with E-state index >= 15 is 0 Å². The van der Waals surface area contributed by atoms with Crippen molar-refractivity contribution in [2.24, 2.45) is 0 Å². The summed E-state index contributed by atoms with van der Waals surface area (Å²) in [4.78, 5) is 29.0. The second-order valence-electron chi connectivity index (χ2n) is 5.83. The molecule has 7 heteroatoms. The molecule has 3 rings (SSSR count). The van der Waals surface area contributed by atoms with Crippen molar-refractivity contribution < 1.29 is 9.72 Å². The number of thiazole rings is 1. The molecule has 1 aromatic heterocycles. The average Bonchev–Trinajstić information content (AvgIpc) is 3.09. The predicted molar refractivity (Wildman–Crippen MR) is 103 cm³/mol. The number of nitrogens with zero attached hydrogens (tertiary/aromatic N) is 3. The van der Waals surface area contributed by atoms with Crippen LogP contribution in [-0.4, -0.2) is 27.8 Å². The summed E-state index contributed by atoms with van der Waals surface area (Å²) in [6.45, 7) is 1.93. The van der Waals surface area contributed by atoms with Gasteiger partial charge >= 0.3 is 0 Å². The third kappa shape index (κ3) is 3.78. The van der Waals surface area contributed by atoms with Crippen LogP contribution in [0.3, 0.4) is 0 Å². The van der Waals surface area contributed by atoms with Crippen molar-refractivity contribution in [1.82, 2.24) is 9.88 Å². The first-order valence-electron chi connectivity index (χ1n) is 8.00. The molecule has 0 fully saturated rings. The van der Waals surface area contributed by atoms with E-state index in [-0.39, 0.29) is 17.6 Å². The van der Waals surface area contributed by atoms with Crippen LogP contribution in [0.2, 0.25) is 0 Å². The number of carbonyl (C=O) groups excluding carboxylic acids is 1. The molecule has 0 radical (unpaired) electrons. The minimum atomic E-state index is -0.458. The van der Waals surface area contributed by atoms with Crippen LogP contribution in [0.4, 0.5) is 5.69 Å². The largest absolute Gasteiger partial charge is 0.333 e. The summed E-state index contributed by atoms with van der Waals surface area (Å²) in [5, 5.41) is 11.7. The average molecular weight is 367 g/mol. The van der Waals surface area contributed by atoms with Gasteiger partial charge in [0.25, 0.3) is 5.69 Å². The van der Waals surface area contributed by atoms with Gasteiger partial charge in [0.2, 0.25) is 5.91 Å². The Kier molecular flexibility index (Phi) is 5.09. The molecule has 1 unspecified atom stereocenters. The lowest BCUT2D eigenvalue weighted by Crippen LogP contribution is -2.27. The van der Waals surface area contributed by atoms with Crippen molar-refractivity contribution in [3.63, 3.8) is 0 Å². The molecule has 0 saturated carbocycles. The molecular formula is C19H17N3O3S. The number of amides is 1. The second kappa shape index (κ2) is 7.45. The smallest absolute Gasteiger partial charge is 0.270 e. The van der Waals surface area contributed by atoms with Crippen molar-refractivity contribution >= 4 is 39.2 Å². The molecule has 1 atom stereocenters. The van der Waals surface area contributed by atoms with Crippen LogP contribution in [0.5, 0.6) is 0 Å². The van der Waals surface area contributed by atoms with Gasteiger partial charge in [-0.15, -0.1) is 11.3 Å². The summed E-state index contributed by atoms with van der Waals surface area (Å²) < 4.78 is 1.09. The molecule has 0 spiro atoms. The topological polar surface area (TPSA) is 76.3 Å². The van der Waals surface area contributed by atoms with Gasteiger partial charge in [0.05, 0.1) is 21.2 Å². The van der Waals surface area contributed by atoms with E-state index in [0.29, 0.717) is 5.56 Å². The fourth-order valence-electron chi connectivity index (χ4n) is 2.45. The molecule has 132 valence electrons. The van der Waals surface area contributed by atoms with Crippen LogP contribution in [0.15, 0.2) is 54.6 Å². The molecule has 0 saturated heterocycles. The second-order valence-corrected chi connectivity index (χ2v) is 6.89. The highest BCUT2D eigenvalue weighted by Gasteiger charge is 2.19. The lowest BCUT2D eigenvalue weighted by molar-refractivity contribution is -0.384. The van der Waals surface area contributed by atoms with Gasteiger partial charge in [-0.05, 0) is 30.7 Å². The summed E-state index contributed by atoms with van der Waals surface area (Å²) in [6.07, 6.45) is 3.00. The van der Waals surface area contributed by atoms with Gasteiger partial charge in [0, 0.05) is 25.3 Å². The molecule has 26 heavy (non-hydrogen) atoms. The zero-order chi connectivity index (χ0) is 18.7.